The maximum atomic E-state index is 12.8. The summed E-state index contributed by atoms with van der Waals surface area (Å²) in [6.07, 6.45) is 1.63. The Hall–Kier alpha value is -3.19. The van der Waals surface area contributed by atoms with E-state index in [-0.39, 0.29) is 11.7 Å². The molecule has 1 amide bonds. The Morgan fingerprint density at radius 1 is 0.943 bits per heavy atom. The van der Waals surface area contributed by atoms with Crippen LogP contribution in [-0.2, 0) is 13.2 Å². The standard InChI is InChI=1S/C26H22Cl3N3O3/c1-2-34-21-8-10-22(11-9-21)35-16-17-4-3-5-18(12-17)26(33)30-25-24(29)15-32(31-25)14-19-6-7-20(27)13-23(19)28/h3-13,15H,2,14,16H2,1H3,(H,30,31,33). The molecule has 0 aliphatic rings. The number of halogens is 3. The Labute approximate surface area is 218 Å². The lowest BCUT2D eigenvalue weighted by Gasteiger charge is -2.09. The van der Waals surface area contributed by atoms with E-state index in [1.54, 1.807) is 41.2 Å². The smallest absolute Gasteiger partial charge is 0.256 e. The third-order valence-corrected chi connectivity index (χ3v) is 5.89. The molecule has 0 aliphatic heterocycles. The second-order valence-electron chi connectivity index (χ2n) is 7.61. The molecule has 0 radical (unpaired) electrons. The van der Waals surface area contributed by atoms with Crippen LogP contribution in [0, 0.1) is 0 Å². The first kappa shape index (κ1) is 24.9. The summed E-state index contributed by atoms with van der Waals surface area (Å²) in [6, 6.07) is 19.8. The molecule has 0 saturated carbocycles. The minimum absolute atomic E-state index is 0.262. The average molecular weight is 531 g/mol. The van der Waals surface area contributed by atoms with Gasteiger partial charge in [-0.15, -0.1) is 0 Å². The highest BCUT2D eigenvalue weighted by Gasteiger charge is 2.14. The molecule has 1 heterocycles. The number of hydrogen-bond donors (Lipinski definition) is 1. The van der Waals surface area contributed by atoms with E-state index in [9.17, 15) is 4.79 Å². The number of amides is 1. The van der Waals surface area contributed by atoms with Crippen LogP contribution in [-0.4, -0.2) is 22.3 Å². The van der Waals surface area contributed by atoms with Gasteiger partial charge in [0.1, 0.15) is 23.1 Å². The molecule has 0 saturated heterocycles. The molecular formula is C26H22Cl3N3O3. The molecule has 9 heteroatoms. The largest absolute Gasteiger partial charge is 0.494 e. The first-order valence-corrected chi connectivity index (χ1v) is 12.0. The molecule has 6 nitrogen and oxygen atoms in total. The summed E-state index contributed by atoms with van der Waals surface area (Å²) in [5.74, 6) is 1.43. The summed E-state index contributed by atoms with van der Waals surface area (Å²) < 4.78 is 12.9. The minimum atomic E-state index is -0.329. The zero-order valence-electron chi connectivity index (χ0n) is 18.8. The average Bonchev–Trinajstić information content (AvgIpc) is 3.19. The maximum absolute atomic E-state index is 12.8. The highest BCUT2D eigenvalue weighted by molar-refractivity contribution is 6.35. The predicted octanol–water partition coefficient (Wildman–Crippen LogP) is 7.12. The molecule has 1 N–H and O–H groups in total. The monoisotopic (exact) mass is 529 g/mol. The number of aromatic nitrogens is 2. The van der Waals surface area contributed by atoms with Gasteiger partial charge in [0.05, 0.1) is 13.2 Å². The summed E-state index contributed by atoms with van der Waals surface area (Å²) >= 11 is 18.5. The van der Waals surface area contributed by atoms with Gasteiger partial charge in [0.15, 0.2) is 5.82 Å². The second kappa shape index (κ2) is 11.5. The molecule has 0 spiro atoms. The lowest BCUT2D eigenvalue weighted by atomic mass is 10.1. The number of nitrogens with one attached hydrogen (secondary N) is 1. The molecule has 0 atom stereocenters. The van der Waals surface area contributed by atoms with E-state index in [4.69, 9.17) is 44.3 Å². The third-order valence-electron chi connectivity index (χ3n) is 5.03. The number of benzene rings is 3. The molecule has 0 bridgehead atoms. The van der Waals surface area contributed by atoms with Gasteiger partial charge >= 0.3 is 0 Å². The fraction of sp³-hybridized carbons (Fsp3) is 0.154. The van der Waals surface area contributed by atoms with Crippen molar-refractivity contribution in [3.8, 4) is 11.5 Å². The van der Waals surface area contributed by atoms with Crippen LogP contribution >= 0.6 is 34.8 Å². The molecule has 35 heavy (non-hydrogen) atoms. The van der Waals surface area contributed by atoms with Crippen molar-refractivity contribution < 1.29 is 14.3 Å². The fourth-order valence-corrected chi connectivity index (χ4v) is 4.00. The van der Waals surface area contributed by atoms with Crippen LogP contribution in [0.2, 0.25) is 15.1 Å². The third kappa shape index (κ3) is 6.69. The highest BCUT2D eigenvalue weighted by atomic mass is 35.5. The molecule has 4 rings (SSSR count). The molecule has 0 aliphatic carbocycles. The van der Waals surface area contributed by atoms with Crippen LogP contribution < -0.4 is 14.8 Å². The lowest BCUT2D eigenvalue weighted by molar-refractivity contribution is 0.102. The van der Waals surface area contributed by atoms with Crippen LogP contribution in [0.1, 0.15) is 28.4 Å². The van der Waals surface area contributed by atoms with Crippen molar-refractivity contribution in [1.29, 1.82) is 0 Å². The van der Waals surface area contributed by atoms with Crippen LogP contribution in [0.15, 0.2) is 72.9 Å². The van der Waals surface area contributed by atoms with Gasteiger partial charge in [-0.1, -0.05) is 53.0 Å². The van der Waals surface area contributed by atoms with Crippen molar-refractivity contribution in [3.63, 3.8) is 0 Å². The zero-order valence-corrected chi connectivity index (χ0v) is 21.1. The van der Waals surface area contributed by atoms with Gasteiger partial charge < -0.3 is 14.8 Å². The Morgan fingerprint density at radius 2 is 1.69 bits per heavy atom. The molecule has 0 fully saturated rings. The summed E-state index contributed by atoms with van der Waals surface area (Å²) in [7, 11) is 0. The molecule has 4 aromatic rings. The maximum Gasteiger partial charge on any atom is 0.256 e. The quantitative estimate of drug-likeness (QED) is 0.250. The molecule has 3 aromatic carbocycles. The Kier molecular flexibility index (Phi) is 8.18. The lowest BCUT2D eigenvalue weighted by Crippen LogP contribution is -2.13. The van der Waals surface area contributed by atoms with Crippen LogP contribution in [0.4, 0.5) is 5.82 Å². The van der Waals surface area contributed by atoms with E-state index in [0.717, 1.165) is 16.9 Å². The van der Waals surface area contributed by atoms with Gasteiger partial charge in [0.25, 0.3) is 5.91 Å². The van der Waals surface area contributed by atoms with Crippen LogP contribution in [0.25, 0.3) is 0 Å². The van der Waals surface area contributed by atoms with Crippen molar-refractivity contribution in [2.45, 2.75) is 20.1 Å². The predicted molar refractivity (Wildman–Crippen MR) is 139 cm³/mol. The van der Waals surface area contributed by atoms with Gasteiger partial charge in [0, 0.05) is 21.8 Å². The summed E-state index contributed by atoms with van der Waals surface area (Å²) in [5, 5.41) is 8.54. The zero-order chi connectivity index (χ0) is 24.8. The Bertz CT molecular complexity index is 1320. The van der Waals surface area contributed by atoms with Crippen molar-refractivity contribution in [3.05, 3.63) is 105 Å². The van der Waals surface area contributed by atoms with Crippen molar-refractivity contribution in [2.75, 3.05) is 11.9 Å². The molecule has 180 valence electrons. The number of anilines is 1. The summed E-state index contributed by atoms with van der Waals surface area (Å²) in [5.41, 5.74) is 2.14. The number of carbonyl (C=O) groups excluding carboxylic acids is 1. The van der Waals surface area contributed by atoms with E-state index < -0.39 is 0 Å². The number of carbonyl (C=O) groups is 1. The van der Waals surface area contributed by atoms with E-state index in [0.29, 0.717) is 46.1 Å². The van der Waals surface area contributed by atoms with Crippen LogP contribution in [0.5, 0.6) is 11.5 Å². The van der Waals surface area contributed by atoms with Gasteiger partial charge in [-0.05, 0) is 66.6 Å². The normalized spacial score (nSPS) is 10.7. The molecule has 0 unspecified atom stereocenters. The highest BCUT2D eigenvalue weighted by Crippen LogP contribution is 2.25. The fourth-order valence-electron chi connectivity index (χ4n) is 3.33. The van der Waals surface area contributed by atoms with E-state index >= 15 is 0 Å². The number of rotatable bonds is 9. The van der Waals surface area contributed by atoms with Gasteiger partial charge in [-0.2, -0.15) is 5.10 Å². The number of ether oxygens (including phenoxy) is 2. The van der Waals surface area contributed by atoms with Gasteiger partial charge in [-0.3, -0.25) is 9.48 Å². The van der Waals surface area contributed by atoms with E-state index in [1.165, 1.54) is 0 Å². The van der Waals surface area contributed by atoms with E-state index in [2.05, 4.69) is 10.4 Å². The second-order valence-corrected chi connectivity index (χ2v) is 8.86. The molecule has 1 aromatic heterocycles. The van der Waals surface area contributed by atoms with Crippen molar-refractivity contribution in [2.24, 2.45) is 0 Å². The van der Waals surface area contributed by atoms with Crippen LogP contribution in [0.3, 0.4) is 0 Å². The first-order valence-electron chi connectivity index (χ1n) is 10.8. The first-order chi connectivity index (χ1) is 16.9. The Morgan fingerprint density at radius 3 is 2.40 bits per heavy atom. The number of hydrogen-bond acceptors (Lipinski definition) is 4. The summed E-state index contributed by atoms with van der Waals surface area (Å²) in [6.45, 7) is 3.23. The van der Waals surface area contributed by atoms with Gasteiger partial charge in [-0.25, -0.2) is 0 Å². The molecular weight excluding hydrogens is 509 g/mol. The van der Waals surface area contributed by atoms with E-state index in [1.807, 2.05) is 43.3 Å². The number of nitrogens with zero attached hydrogens (tertiary/aromatic N) is 2. The summed E-state index contributed by atoms with van der Waals surface area (Å²) in [4.78, 5) is 12.8. The topological polar surface area (TPSA) is 65.4 Å². The SMILES string of the molecule is CCOc1ccc(OCc2cccc(C(=O)Nc3nn(Cc4ccc(Cl)cc4Cl)cc3Cl)c2)cc1. The Balaban J connectivity index is 1.39. The van der Waals surface area contributed by atoms with Gasteiger partial charge in [0.2, 0.25) is 0 Å². The minimum Gasteiger partial charge on any atom is -0.494 e. The van der Waals surface area contributed by atoms with Crippen molar-refractivity contribution >= 4 is 46.5 Å². The van der Waals surface area contributed by atoms with Crippen molar-refractivity contribution in [1.82, 2.24) is 9.78 Å².